The van der Waals surface area contributed by atoms with E-state index in [-0.39, 0.29) is 0 Å². The van der Waals surface area contributed by atoms with Crippen molar-refractivity contribution in [3.63, 3.8) is 0 Å². The molecular formula is C38H33BO2. The van der Waals surface area contributed by atoms with Crippen LogP contribution in [0.15, 0.2) is 127 Å². The van der Waals surface area contributed by atoms with Gasteiger partial charge in [-0.25, -0.2) is 0 Å². The Bertz CT molecular complexity index is 3000. The number of fused-ring (bicyclic) bond motifs is 2. The number of hydrogen-bond acceptors (Lipinski definition) is 2. The van der Waals surface area contributed by atoms with E-state index < -0.39 is 206 Å². The molecular weight excluding hydrogens is 499 g/mol. The lowest BCUT2D eigenvalue weighted by atomic mass is 9.76. The molecule has 0 atom stereocenters. The van der Waals surface area contributed by atoms with Crippen molar-refractivity contribution >= 4 is 34.1 Å². The van der Waals surface area contributed by atoms with Crippen molar-refractivity contribution in [2.45, 2.75) is 38.9 Å². The largest absolute Gasteiger partial charge is 0.494 e. The summed E-state index contributed by atoms with van der Waals surface area (Å²) in [4.78, 5) is 0. The summed E-state index contributed by atoms with van der Waals surface area (Å²) in [6.45, 7) is 6.65. The summed E-state index contributed by atoms with van der Waals surface area (Å²) in [5, 5.41) is -2.25. The van der Waals surface area contributed by atoms with Crippen LogP contribution in [-0.2, 0) is 9.31 Å². The molecule has 1 fully saturated rings. The molecule has 0 amide bonds. The van der Waals surface area contributed by atoms with Crippen LogP contribution in [0.1, 0.15) is 56.5 Å². The maximum Gasteiger partial charge on any atom is 0.494 e. The van der Waals surface area contributed by atoms with E-state index >= 15 is 0 Å². The number of rotatable bonds is 4. The zero-order chi connectivity index (χ0) is 46.5. The smallest absolute Gasteiger partial charge is 0.399 e. The Morgan fingerprint density at radius 1 is 0.488 bits per heavy atom. The predicted octanol–water partition coefficient (Wildman–Crippen LogP) is 9.29. The van der Waals surface area contributed by atoms with Crippen molar-refractivity contribution < 1.29 is 38.1 Å². The topological polar surface area (TPSA) is 18.5 Å². The van der Waals surface area contributed by atoms with Crippen LogP contribution < -0.4 is 5.46 Å². The fourth-order valence-corrected chi connectivity index (χ4v) is 4.32. The van der Waals surface area contributed by atoms with Crippen molar-refractivity contribution in [1.29, 1.82) is 0 Å². The average molecular weight is 554 g/mol. The van der Waals surface area contributed by atoms with E-state index in [2.05, 4.69) is 0 Å². The van der Waals surface area contributed by atoms with E-state index in [0.29, 0.717) is 0 Å². The maximum absolute atomic E-state index is 9.66. The van der Waals surface area contributed by atoms with Crippen LogP contribution in [0.3, 0.4) is 0 Å². The molecule has 0 N–H and O–H groups in total. The van der Waals surface area contributed by atoms with Crippen molar-refractivity contribution in [1.82, 2.24) is 0 Å². The van der Waals surface area contributed by atoms with Crippen molar-refractivity contribution in [2.75, 3.05) is 0 Å². The van der Waals surface area contributed by atoms with Gasteiger partial charge in [0.05, 0.1) is 40.0 Å². The van der Waals surface area contributed by atoms with E-state index in [1.165, 1.54) is 0 Å². The van der Waals surface area contributed by atoms with Crippen LogP contribution in [0.2, 0.25) is 0 Å². The van der Waals surface area contributed by atoms with Gasteiger partial charge in [0.25, 0.3) is 0 Å². The van der Waals surface area contributed by atoms with Crippen molar-refractivity contribution in [3.8, 4) is 33.4 Å². The molecule has 1 heterocycles. The SMILES string of the molecule is [2H]c1c([2H])c([2H])c(-c2c([2H])c([2H])c3c([2H])c(-c4c([2H])c(B5OC(C)(C)C(C)(C)O5)c([2H])c(-c5c([2H])c([2H])c([2H])c6c([2H])c([2H])c([2H])c([2H])c56)c4[2H])c([2H])c([2H])c3c2[2H])c([2H])c1[2H]. The van der Waals surface area contributed by atoms with Crippen LogP contribution in [0.25, 0.3) is 54.9 Å². The second kappa shape index (κ2) is 9.73. The van der Waals surface area contributed by atoms with Gasteiger partial charge in [-0.05, 0) is 106 Å². The van der Waals surface area contributed by atoms with Crippen LogP contribution in [0.5, 0.6) is 0 Å². The zero-order valence-electron chi connectivity index (χ0n) is 43.4. The third-order valence-corrected chi connectivity index (χ3v) is 7.20. The standard InChI is InChI=1S/C38H33BO2/c1-37(2)38(3,4)41-39(40-37)34-24-32(23-33(25-34)36-16-10-14-27-13-8-9-15-35(27)36)31-20-19-29-21-28(17-18-30(29)22-31)26-11-6-5-7-12-26/h5-25H,1-4H3/i5D,6D,7D,8D,9D,10D,11D,12D,13D,14D,15D,16D,17D,18D,19D,20D,21D,22D,23D,24D,25D. The summed E-state index contributed by atoms with van der Waals surface area (Å²) in [5.41, 5.74) is -6.59. The molecule has 3 heteroatoms. The Labute approximate surface area is 272 Å². The minimum Gasteiger partial charge on any atom is -0.399 e. The van der Waals surface area contributed by atoms with Gasteiger partial charge < -0.3 is 9.31 Å². The van der Waals surface area contributed by atoms with Gasteiger partial charge in [0.15, 0.2) is 0 Å². The molecule has 0 saturated carbocycles. The van der Waals surface area contributed by atoms with Gasteiger partial charge in [0, 0.05) is 0 Å². The minimum atomic E-state index is -1.61. The van der Waals surface area contributed by atoms with Gasteiger partial charge in [-0.2, -0.15) is 0 Å². The Balaban J connectivity index is 1.70. The first kappa shape index (κ1) is 11.6. The Morgan fingerprint density at radius 3 is 1.78 bits per heavy atom. The zero-order valence-corrected chi connectivity index (χ0v) is 22.4. The summed E-state index contributed by atoms with van der Waals surface area (Å²) < 4.78 is 198. The van der Waals surface area contributed by atoms with Gasteiger partial charge >= 0.3 is 7.12 Å². The fraction of sp³-hybridized carbons (Fsp3) is 0.158. The molecule has 0 radical (unpaired) electrons. The van der Waals surface area contributed by atoms with Crippen LogP contribution in [0, 0.1) is 0 Å². The van der Waals surface area contributed by atoms with E-state index in [0.717, 1.165) is 0 Å². The lowest BCUT2D eigenvalue weighted by molar-refractivity contribution is 0.00578. The molecule has 0 aromatic heterocycles. The van der Waals surface area contributed by atoms with Gasteiger partial charge in [-0.3, -0.25) is 0 Å². The van der Waals surface area contributed by atoms with E-state index in [4.69, 9.17) is 29.9 Å². The fourth-order valence-electron chi connectivity index (χ4n) is 4.32. The maximum atomic E-state index is 9.66. The molecule has 0 bridgehead atoms. The summed E-state index contributed by atoms with van der Waals surface area (Å²) in [6.07, 6.45) is 0. The Morgan fingerprint density at radius 2 is 1.07 bits per heavy atom. The molecule has 0 unspecified atom stereocenters. The molecule has 6 aromatic carbocycles. The number of hydrogen-bond donors (Lipinski definition) is 0. The van der Waals surface area contributed by atoms with E-state index in [9.17, 15) is 8.22 Å². The van der Waals surface area contributed by atoms with Gasteiger partial charge in [0.1, 0.15) is 0 Å². The lowest BCUT2D eigenvalue weighted by Gasteiger charge is -2.32. The normalized spacial score (nSPS) is 23.1. The van der Waals surface area contributed by atoms with E-state index in [1.54, 1.807) is 27.7 Å². The lowest BCUT2D eigenvalue weighted by Crippen LogP contribution is -2.41. The molecule has 0 aliphatic carbocycles. The van der Waals surface area contributed by atoms with Gasteiger partial charge in [-0.15, -0.1) is 0 Å². The van der Waals surface area contributed by atoms with Gasteiger partial charge in [0.2, 0.25) is 0 Å². The highest BCUT2D eigenvalue weighted by atomic mass is 16.7. The Hall–Kier alpha value is -4.18. The summed E-state index contributed by atoms with van der Waals surface area (Å²) in [6, 6.07) is -17.2. The second-order valence-corrected chi connectivity index (χ2v) is 10.4. The number of benzene rings is 6. The predicted molar refractivity (Wildman–Crippen MR) is 173 cm³/mol. The van der Waals surface area contributed by atoms with Crippen LogP contribution >= 0.6 is 0 Å². The first-order chi connectivity index (χ1) is 28.6. The molecule has 0 spiro atoms. The average Bonchev–Trinajstić information content (AvgIpc) is 3.42. The summed E-state index contributed by atoms with van der Waals surface area (Å²) in [7, 11) is -1.61. The quantitative estimate of drug-likeness (QED) is 0.203. The van der Waals surface area contributed by atoms with Crippen LogP contribution in [-0.4, -0.2) is 18.3 Å². The first-order valence-electron chi connectivity index (χ1n) is 23.2. The van der Waals surface area contributed by atoms with Crippen molar-refractivity contribution in [3.05, 3.63) is 127 Å². The molecule has 1 saturated heterocycles. The van der Waals surface area contributed by atoms with Gasteiger partial charge in [-0.1, -0.05) is 109 Å². The van der Waals surface area contributed by atoms with Crippen molar-refractivity contribution in [2.24, 2.45) is 0 Å². The second-order valence-electron chi connectivity index (χ2n) is 10.4. The minimum absolute atomic E-state index is 0.449. The highest BCUT2D eigenvalue weighted by Gasteiger charge is 2.51. The monoisotopic (exact) mass is 553 g/mol. The van der Waals surface area contributed by atoms with Crippen LogP contribution in [0.4, 0.5) is 0 Å². The first-order valence-corrected chi connectivity index (χ1v) is 12.7. The highest BCUT2D eigenvalue weighted by Crippen LogP contribution is 2.38. The third-order valence-electron chi connectivity index (χ3n) is 7.20. The Kier molecular flexibility index (Phi) is 2.75. The molecule has 200 valence electrons. The molecule has 41 heavy (non-hydrogen) atoms. The highest BCUT2D eigenvalue weighted by molar-refractivity contribution is 6.62. The summed E-state index contributed by atoms with van der Waals surface area (Å²) in [5.74, 6) is 0. The molecule has 6 aromatic rings. The molecule has 2 nitrogen and oxygen atoms in total. The third kappa shape index (κ3) is 4.66. The molecule has 1 aliphatic rings. The molecule has 1 aliphatic heterocycles. The summed E-state index contributed by atoms with van der Waals surface area (Å²) >= 11 is 0. The molecule has 7 rings (SSSR count). The van der Waals surface area contributed by atoms with E-state index in [1.807, 2.05) is 0 Å².